The number of aromatic nitrogens is 4. The average molecular weight is 285 g/mol. The average Bonchev–Trinajstić information content (AvgIpc) is 3.01. The number of nitrogens with one attached hydrogen (secondary N) is 1. The number of nitrogens with zero attached hydrogens (tertiary/aromatic N) is 3. The summed E-state index contributed by atoms with van der Waals surface area (Å²) in [6, 6.07) is 6.67. The molecule has 98 valence electrons. The molecular weight excluding hydrogens is 277 g/mol. The molecule has 0 saturated carbocycles. The van der Waals surface area contributed by atoms with Crippen molar-refractivity contribution in [2.75, 3.05) is 5.73 Å². The van der Waals surface area contributed by atoms with Gasteiger partial charge < -0.3 is 10.7 Å². The van der Waals surface area contributed by atoms with Gasteiger partial charge in [-0.25, -0.2) is 19.3 Å². The van der Waals surface area contributed by atoms with E-state index in [-0.39, 0.29) is 5.82 Å². The van der Waals surface area contributed by atoms with Crippen LogP contribution in [0.4, 0.5) is 10.2 Å². The van der Waals surface area contributed by atoms with Crippen LogP contribution in [0.1, 0.15) is 0 Å². The van der Waals surface area contributed by atoms with Crippen molar-refractivity contribution in [1.29, 1.82) is 0 Å². The van der Waals surface area contributed by atoms with Crippen molar-refractivity contribution < 1.29 is 4.39 Å². The molecule has 0 aliphatic carbocycles. The molecule has 0 fully saturated rings. The number of nitrogens with two attached hydrogens (primary N) is 1. The predicted octanol–water partition coefficient (Wildman–Crippen LogP) is 2.96. The molecule has 0 saturated heterocycles. The zero-order valence-corrected chi connectivity index (χ0v) is 10.9. The van der Waals surface area contributed by atoms with Crippen LogP contribution < -0.4 is 5.73 Å². The molecule has 0 spiro atoms. The van der Waals surface area contributed by atoms with E-state index in [0.29, 0.717) is 22.8 Å². The van der Waals surface area contributed by atoms with E-state index in [2.05, 4.69) is 19.9 Å². The maximum atomic E-state index is 13.2. The van der Waals surface area contributed by atoms with E-state index in [0.717, 1.165) is 15.0 Å². The summed E-state index contributed by atoms with van der Waals surface area (Å²) in [5.41, 5.74) is 6.92. The third kappa shape index (κ3) is 1.64. The Morgan fingerprint density at radius 3 is 2.95 bits per heavy atom. The van der Waals surface area contributed by atoms with Gasteiger partial charge >= 0.3 is 0 Å². The number of hydrogen-bond donors (Lipinski definition) is 2. The number of fused-ring (bicyclic) bond motifs is 2. The number of nitrogen functional groups attached to an aromatic ring is 1. The highest BCUT2D eigenvalue weighted by Crippen LogP contribution is 2.33. The van der Waals surface area contributed by atoms with Crippen LogP contribution in [-0.4, -0.2) is 19.9 Å². The largest absolute Gasteiger partial charge is 0.382 e. The van der Waals surface area contributed by atoms with Crippen molar-refractivity contribution in [3.63, 3.8) is 0 Å². The molecular formula is C13H8FN5S. The van der Waals surface area contributed by atoms with Crippen LogP contribution in [0.3, 0.4) is 0 Å². The van der Waals surface area contributed by atoms with Gasteiger partial charge in [0.2, 0.25) is 0 Å². The minimum atomic E-state index is -0.245. The molecule has 0 radical (unpaired) electrons. The minimum Gasteiger partial charge on any atom is -0.382 e. The first kappa shape index (κ1) is 11.3. The molecule has 0 aliphatic heterocycles. The molecule has 0 unspecified atom stereocenters. The van der Waals surface area contributed by atoms with Crippen LogP contribution in [0.25, 0.3) is 32.0 Å². The zero-order chi connectivity index (χ0) is 13.7. The number of benzene rings is 1. The Hall–Kier alpha value is -2.54. The lowest BCUT2D eigenvalue weighted by molar-refractivity contribution is 0.630. The Bertz CT molecular complexity index is 942. The Morgan fingerprint density at radius 2 is 2.10 bits per heavy atom. The topological polar surface area (TPSA) is 80.5 Å². The second-order valence-electron chi connectivity index (χ2n) is 4.34. The first-order valence-electron chi connectivity index (χ1n) is 5.86. The van der Waals surface area contributed by atoms with E-state index in [1.165, 1.54) is 29.8 Å². The van der Waals surface area contributed by atoms with Gasteiger partial charge in [-0.15, -0.1) is 11.3 Å². The number of thiophene rings is 1. The van der Waals surface area contributed by atoms with Gasteiger partial charge in [0.15, 0.2) is 17.3 Å². The van der Waals surface area contributed by atoms with Gasteiger partial charge in [-0.3, -0.25) is 0 Å². The molecule has 0 atom stereocenters. The van der Waals surface area contributed by atoms with Crippen LogP contribution in [-0.2, 0) is 0 Å². The number of hydrogen-bond acceptors (Lipinski definition) is 5. The fourth-order valence-corrected chi connectivity index (χ4v) is 3.12. The molecule has 0 bridgehead atoms. The van der Waals surface area contributed by atoms with Crippen molar-refractivity contribution in [2.45, 2.75) is 0 Å². The van der Waals surface area contributed by atoms with Gasteiger partial charge in [-0.1, -0.05) is 6.07 Å². The molecule has 0 aliphatic rings. The number of aromatic amines is 1. The van der Waals surface area contributed by atoms with E-state index >= 15 is 0 Å². The lowest BCUT2D eigenvalue weighted by Crippen LogP contribution is -1.91. The molecule has 7 heteroatoms. The maximum Gasteiger partial charge on any atom is 0.183 e. The maximum absolute atomic E-state index is 13.2. The summed E-state index contributed by atoms with van der Waals surface area (Å²) in [5, 5.41) is 0.978. The Balaban J connectivity index is 1.94. The van der Waals surface area contributed by atoms with E-state index in [1.807, 2.05) is 6.07 Å². The monoisotopic (exact) mass is 285 g/mol. The van der Waals surface area contributed by atoms with Gasteiger partial charge in [0.1, 0.15) is 17.7 Å². The van der Waals surface area contributed by atoms with Crippen LogP contribution in [0.2, 0.25) is 0 Å². The highest BCUT2D eigenvalue weighted by molar-refractivity contribution is 7.22. The van der Waals surface area contributed by atoms with Crippen molar-refractivity contribution in [3.8, 4) is 10.7 Å². The zero-order valence-electron chi connectivity index (χ0n) is 10.1. The smallest absolute Gasteiger partial charge is 0.183 e. The van der Waals surface area contributed by atoms with Gasteiger partial charge in [-0.05, 0) is 23.6 Å². The third-order valence-electron chi connectivity index (χ3n) is 3.03. The normalized spacial score (nSPS) is 11.4. The molecule has 1 aromatic carbocycles. The summed E-state index contributed by atoms with van der Waals surface area (Å²) in [5.74, 6) is 0.778. The molecule has 0 amide bonds. The van der Waals surface area contributed by atoms with Gasteiger partial charge in [0.25, 0.3) is 0 Å². The number of H-pyrrole nitrogens is 1. The van der Waals surface area contributed by atoms with E-state index < -0.39 is 0 Å². The first-order valence-corrected chi connectivity index (χ1v) is 6.68. The fourth-order valence-electron chi connectivity index (χ4n) is 2.08. The molecule has 20 heavy (non-hydrogen) atoms. The number of halogens is 1. The van der Waals surface area contributed by atoms with E-state index in [9.17, 15) is 4.39 Å². The first-order chi connectivity index (χ1) is 9.70. The Morgan fingerprint density at radius 1 is 1.20 bits per heavy atom. The van der Waals surface area contributed by atoms with E-state index in [1.54, 1.807) is 6.07 Å². The molecule has 3 aromatic heterocycles. The van der Waals surface area contributed by atoms with Crippen molar-refractivity contribution in [1.82, 2.24) is 19.9 Å². The molecule has 3 heterocycles. The van der Waals surface area contributed by atoms with Crippen molar-refractivity contribution in [3.05, 3.63) is 36.4 Å². The quantitative estimate of drug-likeness (QED) is 0.563. The second-order valence-corrected chi connectivity index (χ2v) is 5.42. The van der Waals surface area contributed by atoms with Gasteiger partial charge in [-0.2, -0.15) is 0 Å². The highest BCUT2D eigenvalue weighted by atomic mass is 32.1. The second kappa shape index (κ2) is 3.97. The minimum absolute atomic E-state index is 0.245. The van der Waals surface area contributed by atoms with Crippen molar-refractivity contribution >= 4 is 38.4 Å². The summed E-state index contributed by atoms with van der Waals surface area (Å²) in [6.45, 7) is 0. The van der Waals surface area contributed by atoms with Crippen LogP contribution >= 0.6 is 11.3 Å². The predicted molar refractivity (Wildman–Crippen MR) is 76.9 cm³/mol. The standard InChI is InChI=1S/C13H8FN5S/c14-7-2-1-6-3-9(20-8(6)4-7)12-18-10-11(15)16-5-17-13(10)19-12/h1-5H,(H3,15,16,17,18,19). The number of rotatable bonds is 1. The summed E-state index contributed by atoms with van der Waals surface area (Å²) >= 11 is 1.46. The summed E-state index contributed by atoms with van der Waals surface area (Å²) in [6.07, 6.45) is 1.38. The van der Waals surface area contributed by atoms with Crippen LogP contribution in [0, 0.1) is 5.82 Å². The van der Waals surface area contributed by atoms with Crippen LogP contribution in [0.15, 0.2) is 30.6 Å². The summed E-state index contributed by atoms with van der Waals surface area (Å²) < 4.78 is 14.1. The Kier molecular flexibility index (Phi) is 2.25. The molecule has 5 nitrogen and oxygen atoms in total. The summed E-state index contributed by atoms with van der Waals surface area (Å²) in [4.78, 5) is 16.4. The third-order valence-corrected chi connectivity index (χ3v) is 4.14. The Labute approximate surface area is 116 Å². The van der Waals surface area contributed by atoms with E-state index in [4.69, 9.17) is 5.73 Å². The molecule has 4 rings (SSSR count). The van der Waals surface area contributed by atoms with Crippen LogP contribution in [0.5, 0.6) is 0 Å². The molecule has 4 aromatic rings. The summed E-state index contributed by atoms with van der Waals surface area (Å²) in [7, 11) is 0. The van der Waals surface area contributed by atoms with Gasteiger partial charge in [0, 0.05) is 4.70 Å². The van der Waals surface area contributed by atoms with Gasteiger partial charge in [0.05, 0.1) is 4.88 Å². The lowest BCUT2D eigenvalue weighted by Gasteiger charge is -1.90. The number of imidazole rings is 1. The number of anilines is 1. The lowest BCUT2D eigenvalue weighted by atomic mass is 10.2. The highest BCUT2D eigenvalue weighted by Gasteiger charge is 2.12. The fraction of sp³-hybridized carbons (Fsp3) is 0. The van der Waals surface area contributed by atoms with Crippen molar-refractivity contribution in [2.24, 2.45) is 0 Å². The SMILES string of the molecule is Nc1ncnc2nc(-c3cc4ccc(F)cc4s3)[nH]c12. The molecule has 3 N–H and O–H groups in total.